The van der Waals surface area contributed by atoms with Crippen molar-refractivity contribution in [2.24, 2.45) is 0 Å². The first-order valence-electron chi connectivity index (χ1n) is 8.87. The van der Waals surface area contributed by atoms with E-state index < -0.39 is 17.2 Å². The van der Waals surface area contributed by atoms with Crippen LogP contribution in [-0.4, -0.2) is 62.6 Å². The first-order chi connectivity index (χ1) is 12.7. The van der Waals surface area contributed by atoms with E-state index in [9.17, 15) is 10.1 Å². The number of allylic oxidation sites excluding steroid dienone is 1. The van der Waals surface area contributed by atoms with Gasteiger partial charge in [0, 0.05) is 25.6 Å². The van der Waals surface area contributed by atoms with Gasteiger partial charge in [-0.3, -0.25) is 5.32 Å². The molecule has 0 unspecified atom stereocenters. The van der Waals surface area contributed by atoms with Crippen molar-refractivity contribution in [3.63, 3.8) is 0 Å². The van der Waals surface area contributed by atoms with Crippen molar-refractivity contribution < 1.29 is 19.0 Å². The number of hydrogen-bond acceptors (Lipinski definition) is 6. The van der Waals surface area contributed by atoms with Crippen LogP contribution in [0.5, 0.6) is 0 Å². The highest BCUT2D eigenvalue weighted by molar-refractivity contribution is 5.70. The monoisotopic (exact) mass is 377 g/mol. The van der Waals surface area contributed by atoms with Crippen LogP contribution >= 0.6 is 0 Å². The van der Waals surface area contributed by atoms with Crippen LogP contribution in [0.4, 0.5) is 4.79 Å². The maximum atomic E-state index is 12.1. The zero-order chi connectivity index (χ0) is 20.5. The molecule has 0 aromatic carbocycles. The van der Waals surface area contributed by atoms with Gasteiger partial charge in [-0.2, -0.15) is 5.26 Å². The average Bonchev–Trinajstić information content (AvgIpc) is 2.56. The van der Waals surface area contributed by atoms with Crippen LogP contribution in [0.3, 0.4) is 0 Å². The standard InChI is InChI=1S/C20H31N3O4/c1-7-9-17(26-6)16(10-8-11-25-5)12-22-20(13-21)14-23(15-20)18(24)27-19(2,3)4/h7-8,10,22H,1,9,11-12,14-15H2,2-6H3/b10-8-,17-16-. The van der Waals surface area contributed by atoms with Crippen LogP contribution in [-0.2, 0) is 14.2 Å². The Morgan fingerprint density at radius 2 is 2.04 bits per heavy atom. The minimum Gasteiger partial charge on any atom is -0.500 e. The average molecular weight is 377 g/mol. The second kappa shape index (κ2) is 10.1. The number of nitrogens with one attached hydrogen (secondary N) is 1. The zero-order valence-corrected chi connectivity index (χ0v) is 17.0. The summed E-state index contributed by atoms with van der Waals surface area (Å²) in [5, 5.41) is 12.9. The Balaban J connectivity index is 2.77. The summed E-state index contributed by atoms with van der Waals surface area (Å²) in [7, 11) is 3.23. The number of hydrogen-bond donors (Lipinski definition) is 1. The van der Waals surface area contributed by atoms with E-state index in [1.165, 1.54) is 4.90 Å². The molecule has 0 atom stereocenters. The van der Waals surface area contributed by atoms with Crippen LogP contribution in [0.1, 0.15) is 27.2 Å². The predicted octanol–water partition coefficient (Wildman–Crippen LogP) is 2.77. The molecule has 1 N–H and O–H groups in total. The topological polar surface area (TPSA) is 83.8 Å². The van der Waals surface area contributed by atoms with Gasteiger partial charge < -0.3 is 19.1 Å². The first kappa shape index (κ1) is 22.7. The van der Waals surface area contributed by atoms with Gasteiger partial charge in [-0.05, 0) is 20.8 Å². The molecule has 1 heterocycles. The fourth-order valence-corrected chi connectivity index (χ4v) is 2.56. The fourth-order valence-electron chi connectivity index (χ4n) is 2.56. The van der Waals surface area contributed by atoms with Crippen molar-refractivity contribution in [3.8, 4) is 6.07 Å². The second-order valence-electron chi connectivity index (χ2n) is 7.39. The number of nitriles is 1. The van der Waals surface area contributed by atoms with Gasteiger partial charge in [0.05, 0.1) is 32.9 Å². The maximum Gasteiger partial charge on any atom is 0.410 e. The van der Waals surface area contributed by atoms with E-state index in [0.717, 1.165) is 11.3 Å². The third kappa shape index (κ3) is 7.08. The summed E-state index contributed by atoms with van der Waals surface area (Å²) in [5.41, 5.74) is -0.459. The number of amides is 1. The van der Waals surface area contributed by atoms with Gasteiger partial charge in [-0.15, -0.1) is 6.58 Å². The van der Waals surface area contributed by atoms with Crippen LogP contribution in [0.15, 0.2) is 36.1 Å². The van der Waals surface area contributed by atoms with Crippen LogP contribution in [0.2, 0.25) is 0 Å². The number of carbonyl (C=O) groups excluding carboxylic acids is 1. The molecular formula is C20H31N3O4. The molecule has 7 nitrogen and oxygen atoms in total. The minimum atomic E-state index is -0.801. The van der Waals surface area contributed by atoms with Gasteiger partial charge in [-0.1, -0.05) is 18.2 Å². The Hall–Kier alpha value is -2.30. The molecule has 0 aliphatic carbocycles. The highest BCUT2D eigenvalue weighted by atomic mass is 16.6. The molecule has 27 heavy (non-hydrogen) atoms. The molecule has 0 saturated carbocycles. The molecule has 1 saturated heterocycles. The van der Waals surface area contributed by atoms with Gasteiger partial charge >= 0.3 is 6.09 Å². The summed E-state index contributed by atoms with van der Waals surface area (Å²) in [6.07, 6.45) is 5.72. The van der Waals surface area contributed by atoms with Gasteiger partial charge in [0.2, 0.25) is 0 Å². The molecule has 0 radical (unpaired) electrons. The molecule has 1 aliphatic rings. The Morgan fingerprint density at radius 1 is 1.37 bits per heavy atom. The van der Waals surface area contributed by atoms with Gasteiger partial charge in [-0.25, -0.2) is 4.79 Å². The van der Waals surface area contributed by atoms with E-state index in [4.69, 9.17) is 14.2 Å². The SMILES string of the molecule is C=CC/C(OC)=C(\C=C/COC)CNC1(C#N)CN(C(=O)OC(C)(C)C)C1. The number of carbonyl (C=O) groups is 1. The Labute approximate surface area is 162 Å². The van der Waals surface area contributed by atoms with Crippen LogP contribution in [0, 0.1) is 11.3 Å². The van der Waals surface area contributed by atoms with Gasteiger partial charge in [0.1, 0.15) is 16.9 Å². The molecule has 7 heteroatoms. The number of rotatable bonds is 9. The van der Waals surface area contributed by atoms with Crippen LogP contribution < -0.4 is 5.32 Å². The van der Waals surface area contributed by atoms with E-state index >= 15 is 0 Å². The molecule has 1 fully saturated rings. The van der Waals surface area contributed by atoms with Crippen molar-refractivity contribution in [3.05, 3.63) is 36.1 Å². The number of nitrogens with zero attached hydrogens (tertiary/aromatic N) is 2. The van der Waals surface area contributed by atoms with E-state index in [1.54, 1.807) is 20.3 Å². The summed E-state index contributed by atoms with van der Waals surface area (Å²) in [5.74, 6) is 0.765. The Bertz CT molecular complexity index is 620. The minimum absolute atomic E-state index is 0.275. The molecular weight excluding hydrogens is 346 g/mol. The Kier molecular flexibility index (Phi) is 8.54. The lowest BCUT2D eigenvalue weighted by Crippen LogP contribution is -2.70. The number of likely N-dealkylation sites (tertiary alicyclic amines) is 1. The smallest absolute Gasteiger partial charge is 0.410 e. The number of ether oxygens (including phenoxy) is 3. The second-order valence-corrected chi connectivity index (χ2v) is 7.39. The van der Waals surface area contributed by atoms with Crippen molar-refractivity contribution in [2.75, 3.05) is 40.5 Å². The largest absolute Gasteiger partial charge is 0.500 e. The van der Waals surface area contributed by atoms with E-state index in [0.29, 0.717) is 19.6 Å². The molecule has 0 aromatic heterocycles. The summed E-state index contributed by atoms with van der Waals surface area (Å²) in [4.78, 5) is 13.6. The van der Waals surface area contributed by atoms with Crippen molar-refractivity contribution in [2.45, 2.75) is 38.3 Å². The van der Waals surface area contributed by atoms with E-state index in [-0.39, 0.29) is 13.1 Å². The summed E-state index contributed by atoms with van der Waals surface area (Å²) < 4.78 is 15.8. The lowest BCUT2D eigenvalue weighted by molar-refractivity contribution is -0.00443. The van der Waals surface area contributed by atoms with Gasteiger partial charge in [0.15, 0.2) is 0 Å². The molecule has 150 valence electrons. The molecule has 0 spiro atoms. The van der Waals surface area contributed by atoms with E-state index in [2.05, 4.69) is 18.0 Å². The van der Waals surface area contributed by atoms with Gasteiger partial charge in [0.25, 0.3) is 0 Å². The summed E-state index contributed by atoms with van der Waals surface area (Å²) >= 11 is 0. The fraction of sp³-hybridized carbons (Fsp3) is 0.600. The summed E-state index contributed by atoms with van der Waals surface area (Å²) in [6.45, 7) is 10.6. The molecule has 0 bridgehead atoms. The quantitative estimate of drug-likeness (QED) is 0.378. The van der Waals surface area contributed by atoms with E-state index in [1.807, 2.05) is 32.9 Å². The molecule has 1 amide bonds. The van der Waals surface area contributed by atoms with Crippen molar-refractivity contribution in [1.82, 2.24) is 10.2 Å². The van der Waals surface area contributed by atoms with Crippen molar-refractivity contribution >= 4 is 6.09 Å². The Morgan fingerprint density at radius 3 is 2.52 bits per heavy atom. The lowest BCUT2D eigenvalue weighted by atomic mass is 9.91. The third-order valence-electron chi connectivity index (χ3n) is 3.92. The molecule has 0 aromatic rings. The normalized spacial score (nSPS) is 17.0. The van der Waals surface area contributed by atoms with Crippen molar-refractivity contribution in [1.29, 1.82) is 5.26 Å². The number of methoxy groups -OCH3 is 2. The lowest BCUT2D eigenvalue weighted by Gasteiger charge is -2.46. The maximum absolute atomic E-state index is 12.1. The zero-order valence-electron chi connectivity index (χ0n) is 17.0. The highest BCUT2D eigenvalue weighted by Gasteiger charge is 2.47. The van der Waals surface area contributed by atoms with Crippen LogP contribution in [0.25, 0.3) is 0 Å². The predicted molar refractivity (Wildman–Crippen MR) is 104 cm³/mol. The highest BCUT2D eigenvalue weighted by Crippen LogP contribution is 2.24. The third-order valence-corrected chi connectivity index (χ3v) is 3.92. The molecule has 1 aliphatic heterocycles. The summed E-state index contributed by atoms with van der Waals surface area (Å²) in [6, 6.07) is 2.28. The molecule has 1 rings (SSSR count). The first-order valence-corrected chi connectivity index (χ1v) is 8.87.